The van der Waals surface area contributed by atoms with Gasteiger partial charge < -0.3 is 15.0 Å². The van der Waals surface area contributed by atoms with Gasteiger partial charge in [-0.25, -0.2) is 0 Å². The fourth-order valence-corrected chi connectivity index (χ4v) is 3.60. The van der Waals surface area contributed by atoms with Gasteiger partial charge in [0.15, 0.2) is 5.17 Å². The molecule has 0 saturated carbocycles. The van der Waals surface area contributed by atoms with Gasteiger partial charge in [-0.1, -0.05) is 11.8 Å². The average Bonchev–Trinajstić information content (AvgIpc) is 2.96. The number of methoxy groups -OCH3 is 1. The van der Waals surface area contributed by atoms with E-state index in [-0.39, 0.29) is 29.7 Å². The van der Waals surface area contributed by atoms with Crippen LogP contribution in [-0.4, -0.2) is 52.3 Å². The molecule has 0 saturated heterocycles. The Bertz CT molecular complexity index is 748. The lowest BCUT2D eigenvalue weighted by Crippen LogP contribution is -2.27. The highest BCUT2D eigenvalue weighted by Gasteiger charge is 2.32. The number of thioether (sulfide) groups is 1. The minimum atomic E-state index is -0.574. The number of nitrogens with zero attached hydrogens (tertiary/aromatic N) is 3. The van der Waals surface area contributed by atoms with E-state index in [0.717, 1.165) is 13.1 Å². The first kappa shape index (κ1) is 19.7. The van der Waals surface area contributed by atoms with Crippen LogP contribution in [-0.2, 0) is 9.59 Å². The maximum absolute atomic E-state index is 12.3. The quantitative estimate of drug-likeness (QED) is 0.570. The van der Waals surface area contributed by atoms with Crippen LogP contribution >= 0.6 is 11.8 Å². The maximum atomic E-state index is 12.3. The number of carbonyl (C=O) groups excluding carboxylic acids is 2. The van der Waals surface area contributed by atoms with Crippen LogP contribution in [0.4, 0.5) is 11.4 Å². The van der Waals surface area contributed by atoms with Crippen molar-refractivity contribution in [2.24, 2.45) is 4.99 Å². The molecule has 2 amide bonds. The fourth-order valence-electron chi connectivity index (χ4n) is 2.40. The Kier molecular flexibility index (Phi) is 6.56. The average molecular weight is 380 g/mol. The van der Waals surface area contributed by atoms with E-state index >= 15 is 0 Å². The smallest absolute Gasteiger partial charge is 0.273 e. The van der Waals surface area contributed by atoms with Gasteiger partial charge in [0.05, 0.1) is 23.8 Å². The Morgan fingerprint density at radius 3 is 2.69 bits per heavy atom. The summed E-state index contributed by atoms with van der Waals surface area (Å²) >= 11 is 1.28. The largest absolute Gasteiger partial charge is 0.494 e. The number of hydrogen-bond acceptors (Lipinski definition) is 7. The lowest BCUT2D eigenvalue weighted by molar-refractivity contribution is -0.384. The van der Waals surface area contributed by atoms with E-state index in [9.17, 15) is 19.7 Å². The fraction of sp³-hybridized carbons (Fsp3) is 0.438. The SMILES string of the molecule is CCN(CC)C1=NC(=O)[C@H](CC(=O)Nc2ccc([N+](=O)[O-])cc2OC)S1. The summed E-state index contributed by atoms with van der Waals surface area (Å²) in [5.74, 6) is -0.542. The van der Waals surface area contributed by atoms with Crippen molar-refractivity contribution < 1.29 is 19.2 Å². The van der Waals surface area contributed by atoms with Crippen LogP contribution in [0.15, 0.2) is 23.2 Å². The molecule has 1 aliphatic rings. The van der Waals surface area contributed by atoms with E-state index in [1.54, 1.807) is 0 Å². The molecule has 26 heavy (non-hydrogen) atoms. The van der Waals surface area contributed by atoms with Crippen LogP contribution in [0.25, 0.3) is 0 Å². The first-order chi connectivity index (χ1) is 12.4. The third-order valence-electron chi connectivity index (χ3n) is 3.80. The molecule has 1 atom stereocenters. The molecular weight excluding hydrogens is 360 g/mol. The van der Waals surface area contributed by atoms with Crippen LogP contribution in [0.1, 0.15) is 20.3 Å². The number of non-ortho nitro benzene ring substituents is 1. The van der Waals surface area contributed by atoms with Gasteiger partial charge >= 0.3 is 0 Å². The molecule has 0 aromatic heterocycles. The predicted octanol–water partition coefficient (Wildman–Crippen LogP) is 2.27. The Labute approximate surface area is 154 Å². The zero-order valence-electron chi connectivity index (χ0n) is 14.7. The maximum Gasteiger partial charge on any atom is 0.273 e. The minimum absolute atomic E-state index is 0.0437. The van der Waals surface area contributed by atoms with Crippen molar-refractivity contribution in [2.75, 3.05) is 25.5 Å². The number of hydrogen-bond donors (Lipinski definition) is 1. The summed E-state index contributed by atoms with van der Waals surface area (Å²) in [6.07, 6.45) is -0.0437. The van der Waals surface area contributed by atoms with E-state index in [2.05, 4.69) is 10.3 Å². The number of nitro benzene ring substituents is 1. The Morgan fingerprint density at radius 2 is 2.12 bits per heavy atom. The van der Waals surface area contributed by atoms with Gasteiger partial charge in [-0.15, -0.1) is 0 Å². The minimum Gasteiger partial charge on any atom is -0.494 e. The number of aliphatic imine (C=N–C) groups is 1. The zero-order chi connectivity index (χ0) is 19.3. The molecule has 140 valence electrons. The Hall–Kier alpha value is -2.62. The van der Waals surface area contributed by atoms with E-state index < -0.39 is 10.2 Å². The van der Waals surface area contributed by atoms with Crippen molar-refractivity contribution in [2.45, 2.75) is 25.5 Å². The van der Waals surface area contributed by atoms with Gasteiger partial charge in [-0.2, -0.15) is 4.99 Å². The van der Waals surface area contributed by atoms with Crippen LogP contribution in [0.5, 0.6) is 5.75 Å². The number of rotatable bonds is 7. The highest BCUT2D eigenvalue weighted by Crippen LogP contribution is 2.31. The second-order valence-electron chi connectivity index (χ2n) is 5.41. The van der Waals surface area contributed by atoms with Gasteiger partial charge in [0.25, 0.3) is 11.6 Å². The number of carbonyl (C=O) groups is 2. The van der Waals surface area contributed by atoms with Crippen LogP contribution < -0.4 is 10.1 Å². The van der Waals surface area contributed by atoms with Gasteiger partial charge in [-0.05, 0) is 19.9 Å². The molecule has 1 heterocycles. The van der Waals surface area contributed by atoms with E-state index in [0.29, 0.717) is 10.9 Å². The summed E-state index contributed by atoms with van der Waals surface area (Å²) in [4.78, 5) is 40.6. The lowest BCUT2D eigenvalue weighted by atomic mass is 10.2. The summed E-state index contributed by atoms with van der Waals surface area (Å²) in [5.41, 5.74) is 0.169. The molecule has 1 aromatic carbocycles. The summed E-state index contributed by atoms with van der Waals surface area (Å²) in [6.45, 7) is 5.40. The number of benzene rings is 1. The molecule has 10 heteroatoms. The lowest BCUT2D eigenvalue weighted by Gasteiger charge is -2.19. The normalized spacial score (nSPS) is 16.2. The summed E-state index contributed by atoms with van der Waals surface area (Å²) in [6, 6.07) is 3.90. The summed E-state index contributed by atoms with van der Waals surface area (Å²) < 4.78 is 5.09. The van der Waals surface area contributed by atoms with Crippen molar-refractivity contribution in [1.29, 1.82) is 0 Å². The molecule has 0 aliphatic carbocycles. The summed E-state index contributed by atoms with van der Waals surface area (Å²) in [5, 5.41) is 13.5. The van der Waals surface area contributed by atoms with Gasteiger partial charge in [0, 0.05) is 25.6 Å². The van der Waals surface area contributed by atoms with Crippen LogP contribution in [0.2, 0.25) is 0 Å². The number of amides is 2. The van der Waals surface area contributed by atoms with Crippen molar-refractivity contribution in [3.8, 4) is 5.75 Å². The Balaban J connectivity index is 2.02. The number of nitro groups is 1. The molecule has 1 aromatic rings. The third-order valence-corrected chi connectivity index (χ3v) is 5.02. The molecule has 1 aliphatic heterocycles. The second kappa shape index (κ2) is 8.65. The molecule has 0 fully saturated rings. The van der Waals surface area contributed by atoms with Gasteiger partial charge in [0.1, 0.15) is 11.0 Å². The van der Waals surface area contributed by atoms with E-state index in [1.165, 1.54) is 37.1 Å². The molecule has 0 radical (unpaired) electrons. The molecular formula is C16H20N4O5S. The van der Waals surface area contributed by atoms with Crippen molar-refractivity contribution >= 4 is 40.1 Å². The van der Waals surface area contributed by atoms with Crippen LogP contribution in [0.3, 0.4) is 0 Å². The van der Waals surface area contributed by atoms with Crippen molar-refractivity contribution in [3.05, 3.63) is 28.3 Å². The number of ether oxygens (including phenoxy) is 1. The number of nitrogens with one attached hydrogen (secondary N) is 1. The second-order valence-corrected chi connectivity index (χ2v) is 6.58. The van der Waals surface area contributed by atoms with E-state index in [4.69, 9.17) is 4.74 Å². The number of anilines is 1. The topological polar surface area (TPSA) is 114 Å². The van der Waals surface area contributed by atoms with Crippen molar-refractivity contribution in [1.82, 2.24) is 4.90 Å². The third kappa shape index (κ3) is 4.51. The molecule has 0 unspecified atom stereocenters. The molecule has 1 N–H and O–H groups in total. The van der Waals surface area contributed by atoms with Crippen molar-refractivity contribution in [3.63, 3.8) is 0 Å². The molecule has 0 bridgehead atoms. The highest BCUT2D eigenvalue weighted by molar-refractivity contribution is 8.15. The number of amidine groups is 1. The molecule has 0 spiro atoms. The zero-order valence-corrected chi connectivity index (χ0v) is 15.5. The first-order valence-electron chi connectivity index (χ1n) is 8.06. The predicted molar refractivity (Wildman–Crippen MR) is 99.6 cm³/mol. The monoisotopic (exact) mass is 380 g/mol. The standard InChI is InChI=1S/C16H20N4O5S/c1-4-19(5-2)16-18-15(22)13(26-16)9-14(21)17-11-7-6-10(20(23)24)8-12(11)25-3/h6-8,13H,4-5,9H2,1-3H3,(H,17,21)/t13-/m0/s1. The first-order valence-corrected chi connectivity index (χ1v) is 8.93. The van der Waals surface area contributed by atoms with E-state index in [1.807, 2.05) is 18.7 Å². The van der Waals surface area contributed by atoms with Gasteiger partial charge in [0.2, 0.25) is 5.91 Å². The van der Waals surface area contributed by atoms with Gasteiger partial charge in [-0.3, -0.25) is 19.7 Å². The molecule has 9 nitrogen and oxygen atoms in total. The molecule has 2 rings (SSSR count). The van der Waals surface area contributed by atoms with Crippen LogP contribution in [0, 0.1) is 10.1 Å². The highest BCUT2D eigenvalue weighted by atomic mass is 32.2. The summed E-state index contributed by atoms with van der Waals surface area (Å²) in [7, 11) is 1.36. The Morgan fingerprint density at radius 1 is 1.42 bits per heavy atom.